The summed E-state index contributed by atoms with van der Waals surface area (Å²) in [4.78, 5) is 29.1. The van der Waals surface area contributed by atoms with E-state index in [-0.39, 0.29) is 18.0 Å². The molecule has 0 saturated heterocycles. The monoisotopic (exact) mass is 431 g/mol. The van der Waals surface area contributed by atoms with Crippen LogP contribution in [0, 0.1) is 19.8 Å². The van der Waals surface area contributed by atoms with Gasteiger partial charge in [-0.1, -0.05) is 36.4 Å². The predicted octanol–water partition coefficient (Wildman–Crippen LogP) is 4.48. The van der Waals surface area contributed by atoms with Crippen molar-refractivity contribution in [2.75, 3.05) is 6.54 Å². The van der Waals surface area contributed by atoms with Gasteiger partial charge in [0.05, 0.1) is 23.4 Å². The van der Waals surface area contributed by atoms with Crippen molar-refractivity contribution in [3.8, 4) is 0 Å². The molecule has 6 nitrogen and oxygen atoms in total. The van der Waals surface area contributed by atoms with Gasteiger partial charge in [0.15, 0.2) is 0 Å². The molecule has 2 amide bonds. The zero-order valence-electron chi connectivity index (χ0n) is 17.7. The molecule has 0 spiro atoms. The molecule has 0 bridgehead atoms. The van der Waals surface area contributed by atoms with E-state index in [9.17, 15) is 14.0 Å². The quantitative estimate of drug-likeness (QED) is 0.441. The first-order valence-corrected chi connectivity index (χ1v) is 10.1. The smallest absolute Gasteiger partial charge is 0.256 e. The summed E-state index contributed by atoms with van der Waals surface area (Å²) in [5, 5.41) is 7.71. The Morgan fingerprint density at radius 3 is 2.53 bits per heavy atom. The fraction of sp³-hybridized carbons (Fsp3) is 0.160. The molecule has 7 heteroatoms. The third kappa shape index (κ3) is 4.51. The molecular weight excluding hydrogens is 409 g/mol. The number of aromatic nitrogens is 1. The summed E-state index contributed by atoms with van der Waals surface area (Å²) in [6, 6.07) is 14.5. The third-order valence-corrected chi connectivity index (χ3v) is 5.27. The lowest BCUT2D eigenvalue weighted by molar-refractivity contribution is 0.0904. The normalized spacial score (nSPS) is 11.8. The summed E-state index contributed by atoms with van der Waals surface area (Å²) in [5.74, 6) is -1.77. The average molecular weight is 431 g/mol. The van der Waals surface area contributed by atoms with Gasteiger partial charge >= 0.3 is 0 Å². The van der Waals surface area contributed by atoms with E-state index in [1.165, 1.54) is 24.8 Å². The lowest BCUT2D eigenvalue weighted by Gasteiger charge is -2.21. The number of benzene rings is 2. The second-order valence-electron chi connectivity index (χ2n) is 7.66. The van der Waals surface area contributed by atoms with Gasteiger partial charge in [-0.15, -0.1) is 0 Å². The summed E-state index contributed by atoms with van der Waals surface area (Å²) in [5.41, 5.74) is 2.43. The van der Waals surface area contributed by atoms with Crippen LogP contribution in [-0.4, -0.2) is 23.3 Å². The minimum atomic E-state index is -0.844. The maximum Gasteiger partial charge on any atom is 0.256 e. The number of pyridine rings is 1. The van der Waals surface area contributed by atoms with Gasteiger partial charge in [-0.3, -0.25) is 9.59 Å². The Morgan fingerprint density at radius 2 is 1.78 bits per heavy atom. The summed E-state index contributed by atoms with van der Waals surface area (Å²) in [7, 11) is 0. The van der Waals surface area contributed by atoms with E-state index in [0.717, 1.165) is 16.3 Å². The molecule has 4 rings (SSSR count). The van der Waals surface area contributed by atoms with Crippen LogP contribution in [0.25, 0.3) is 10.8 Å². The van der Waals surface area contributed by atoms with Gasteiger partial charge in [-0.05, 0) is 53.4 Å². The molecule has 2 heterocycles. The zero-order chi connectivity index (χ0) is 22.7. The first-order valence-electron chi connectivity index (χ1n) is 10.1. The highest BCUT2D eigenvalue weighted by atomic mass is 19.1. The number of rotatable bonds is 6. The number of halogens is 1. The minimum absolute atomic E-state index is 0.106. The minimum Gasteiger partial charge on any atom is -0.471 e. The highest BCUT2D eigenvalue weighted by Gasteiger charge is 2.21. The maximum absolute atomic E-state index is 14.2. The lowest BCUT2D eigenvalue weighted by atomic mass is 10.0. The zero-order valence-corrected chi connectivity index (χ0v) is 17.7. The number of carbonyl (C=O) groups excluding carboxylic acids is 2. The molecule has 0 radical (unpaired) electrons. The summed E-state index contributed by atoms with van der Waals surface area (Å²) < 4.78 is 19.2. The van der Waals surface area contributed by atoms with Crippen LogP contribution in [0.3, 0.4) is 0 Å². The van der Waals surface area contributed by atoms with Gasteiger partial charge in [0.1, 0.15) is 6.26 Å². The summed E-state index contributed by atoms with van der Waals surface area (Å²) in [6.07, 6.45) is 4.23. The Hall–Kier alpha value is -4.00. The molecule has 2 aromatic heterocycles. The van der Waals surface area contributed by atoms with E-state index in [0.29, 0.717) is 16.7 Å². The highest BCUT2D eigenvalue weighted by molar-refractivity contribution is 5.96. The Morgan fingerprint density at radius 1 is 1.00 bits per heavy atom. The first kappa shape index (κ1) is 21.2. The Kier molecular flexibility index (Phi) is 5.98. The van der Waals surface area contributed by atoms with Crippen LogP contribution in [0.4, 0.5) is 4.39 Å². The van der Waals surface area contributed by atoms with Gasteiger partial charge in [-0.2, -0.15) is 4.39 Å². The van der Waals surface area contributed by atoms with E-state index in [1.54, 1.807) is 13.8 Å². The van der Waals surface area contributed by atoms with Gasteiger partial charge in [-0.25, -0.2) is 4.98 Å². The SMILES string of the molecule is Cc1cnc(F)c(C(=O)NC(CNC(=O)c2cocc2C)c2ccc3ccccc3c2)c1. The van der Waals surface area contributed by atoms with Crippen molar-refractivity contribution in [1.29, 1.82) is 0 Å². The highest BCUT2D eigenvalue weighted by Crippen LogP contribution is 2.21. The van der Waals surface area contributed by atoms with Crippen LogP contribution in [0.5, 0.6) is 0 Å². The van der Waals surface area contributed by atoms with Crippen molar-refractivity contribution in [1.82, 2.24) is 15.6 Å². The number of hydrogen-bond donors (Lipinski definition) is 2. The largest absolute Gasteiger partial charge is 0.471 e. The van der Waals surface area contributed by atoms with Crippen LogP contribution < -0.4 is 10.6 Å². The number of nitrogens with one attached hydrogen (secondary N) is 2. The predicted molar refractivity (Wildman–Crippen MR) is 119 cm³/mol. The van der Waals surface area contributed by atoms with Crippen molar-refractivity contribution in [3.05, 3.63) is 101 Å². The molecule has 32 heavy (non-hydrogen) atoms. The van der Waals surface area contributed by atoms with Crippen LogP contribution in [0.2, 0.25) is 0 Å². The van der Waals surface area contributed by atoms with Crippen molar-refractivity contribution >= 4 is 22.6 Å². The standard InChI is InChI=1S/C25H22FN3O3/c1-15-9-20(23(26)27-11-15)25(31)29-22(12-28-24(30)21-14-32-13-16(21)2)19-8-7-17-5-3-4-6-18(17)10-19/h3-11,13-14,22H,12H2,1-2H3,(H,28,30)(H,29,31). The summed E-state index contributed by atoms with van der Waals surface area (Å²) in [6.45, 7) is 3.61. The lowest BCUT2D eigenvalue weighted by Crippen LogP contribution is -2.38. The molecule has 0 aliphatic rings. The molecule has 0 fully saturated rings. The molecule has 4 aromatic rings. The second kappa shape index (κ2) is 9.01. The molecular formula is C25H22FN3O3. The number of fused-ring (bicyclic) bond motifs is 1. The van der Waals surface area contributed by atoms with Crippen molar-refractivity contribution in [2.24, 2.45) is 0 Å². The van der Waals surface area contributed by atoms with Gasteiger partial charge < -0.3 is 15.1 Å². The van der Waals surface area contributed by atoms with E-state index in [4.69, 9.17) is 4.42 Å². The van der Waals surface area contributed by atoms with Gasteiger partial charge in [0.25, 0.3) is 11.8 Å². The van der Waals surface area contributed by atoms with E-state index >= 15 is 0 Å². The Balaban J connectivity index is 1.62. The number of hydrogen-bond acceptors (Lipinski definition) is 4. The fourth-order valence-corrected chi connectivity index (χ4v) is 3.51. The molecule has 1 unspecified atom stereocenters. The van der Waals surface area contributed by atoms with Crippen molar-refractivity contribution < 1.29 is 18.4 Å². The van der Waals surface area contributed by atoms with Crippen LogP contribution in [0.1, 0.15) is 43.4 Å². The van der Waals surface area contributed by atoms with Crippen LogP contribution in [0.15, 0.2) is 71.7 Å². The molecule has 0 aliphatic carbocycles. The first-order chi connectivity index (χ1) is 15.4. The average Bonchev–Trinajstić information content (AvgIpc) is 3.23. The molecule has 2 N–H and O–H groups in total. The second-order valence-corrected chi connectivity index (χ2v) is 7.66. The Bertz CT molecular complexity index is 1300. The van der Waals surface area contributed by atoms with Gasteiger partial charge in [0, 0.05) is 12.7 Å². The Labute approximate surface area is 184 Å². The van der Waals surface area contributed by atoms with Gasteiger partial charge in [0.2, 0.25) is 5.95 Å². The molecule has 162 valence electrons. The summed E-state index contributed by atoms with van der Waals surface area (Å²) >= 11 is 0. The van der Waals surface area contributed by atoms with E-state index in [1.807, 2.05) is 42.5 Å². The molecule has 2 aromatic carbocycles. The number of furan rings is 1. The maximum atomic E-state index is 14.2. The number of aryl methyl sites for hydroxylation is 2. The molecule has 0 aliphatic heterocycles. The number of nitrogens with zero attached hydrogens (tertiary/aromatic N) is 1. The third-order valence-electron chi connectivity index (χ3n) is 5.27. The van der Waals surface area contributed by atoms with Crippen LogP contribution in [-0.2, 0) is 0 Å². The van der Waals surface area contributed by atoms with Crippen molar-refractivity contribution in [3.63, 3.8) is 0 Å². The number of carbonyl (C=O) groups is 2. The number of amides is 2. The molecule has 1 atom stereocenters. The van der Waals surface area contributed by atoms with Crippen LogP contribution >= 0.6 is 0 Å². The van der Waals surface area contributed by atoms with E-state index in [2.05, 4.69) is 15.6 Å². The van der Waals surface area contributed by atoms with Crippen molar-refractivity contribution in [2.45, 2.75) is 19.9 Å². The van der Waals surface area contributed by atoms with E-state index < -0.39 is 17.9 Å². The topological polar surface area (TPSA) is 84.2 Å². The molecule has 0 saturated carbocycles. The fourth-order valence-electron chi connectivity index (χ4n) is 3.51.